The maximum Gasteiger partial charge on any atom is 0.314 e. The molecule has 1 fully saturated rings. The van der Waals surface area contributed by atoms with Crippen molar-refractivity contribution < 1.29 is 9.90 Å². The summed E-state index contributed by atoms with van der Waals surface area (Å²) in [5.41, 5.74) is 2.59. The Morgan fingerprint density at radius 3 is 2.44 bits per heavy atom. The summed E-state index contributed by atoms with van der Waals surface area (Å²) in [6.07, 6.45) is 3.47. The predicted molar refractivity (Wildman–Crippen MR) is 73.3 cm³/mol. The number of aryl methyl sites for hydroxylation is 1. The van der Waals surface area contributed by atoms with Crippen molar-refractivity contribution >= 4 is 11.7 Å². The standard InChI is InChI=1S/C15H21NO2/c1-4-11-6-7-13(16(2)3)12(10-11)15(14(17)18)8-5-9-15/h6-7,10H,4-5,8-9H2,1-3H3,(H,17,18). The first-order valence-electron chi connectivity index (χ1n) is 6.55. The van der Waals surface area contributed by atoms with E-state index in [2.05, 4.69) is 25.1 Å². The van der Waals surface area contributed by atoms with Crippen molar-refractivity contribution in [3.63, 3.8) is 0 Å². The van der Waals surface area contributed by atoms with E-state index in [1.54, 1.807) is 0 Å². The molecule has 3 nitrogen and oxygen atoms in total. The number of carboxylic acid groups (broad SMARTS) is 1. The van der Waals surface area contributed by atoms with Crippen LogP contribution in [-0.4, -0.2) is 25.2 Å². The number of hydrogen-bond donors (Lipinski definition) is 1. The van der Waals surface area contributed by atoms with Crippen LogP contribution in [0.5, 0.6) is 0 Å². The molecule has 2 rings (SSSR count). The quantitative estimate of drug-likeness (QED) is 0.889. The highest BCUT2D eigenvalue weighted by atomic mass is 16.4. The van der Waals surface area contributed by atoms with Crippen LogP contribution in [0.2, 0.25) is 0 Å². The Hall–Kier alpha value is -1.51. The van der Waals surface area contributed by atoms with Gasteiger partial charge in [0.05, 0.1) is 5.41 Å². The second-order valence-corrected chi connectivity index (χ2v) is 5.34. The average Bonchev–Trinajstić information content (AvgIpc) is 2.26. The third-order valence-electron chi connectivity index (χ3n) is 4.08. The molecule has 1 aromatic rings. The average molecular weight is 247 g/mol. The summed E-state index contributed by atoms with van der Waals surface area (Å²) in [7, 11) is 3.94. The Morgan fingerprint density at radius 2 is 2.06 bits per heavy atom. The van der Waals surface area contributed by atoms with Crippen molar-refractivity contribution in [3.05, 3.63) is 29.3 Å². The number of hydrogen-bond acceptors (Lipinski definition) is 2. The number of nitrogens with zero attached hydrogens (tertiary/aromatic N) is 1. The SMILES string of the molecule is CCc1ccc(N(C)C)c(C2(C(=O)O)CCC2)c1. The van der Waals surface area contributed by atoms with Crippen LogP contribution >= 0.6 is 0 Å². The fourth-order valence-electron chi connectivity index (χ4n) is 2.71. The lowest BCUT2D eigenvalue weighted by Gasteiger charge is -2.40. The van der Waals surface area contributed by atoms with Gasteiger partial charge in [0.2, 0.25) is 0 Å². The highest BCUT2D eigenvalue weighted by Gasteiger charge is 2.47. The maximum absolute atomic E-state index is 11.7. The van der Waals surface area contributed by atoms with Gasteiger partial charge in [0.25, 0.3) is 0 Å². The number of carbonyl (C=O) groups is 1. The summed E-state index contributed by atoms with van der Waals surface area (Å²) >= 11 is 0. The fraction of sp³-hybridized carbons (Fsp3) is 0.533. The van der Waals surface area contributed by atoms with E-state index in [1.165, 1.54) is 5.56 Å². The van der Waals surface area contributed by atoms with E-state index in [9.17, 15) is 9.90 Å². The van der Waals surface area contributed by atoms with Gasteiger partial charge < -0.3 is 10.0 Å². The summed E-state index contributed by atoms with van der Waals surface area (Å²) in [5.74, 6) is -0.676. The molecule has 0 aliphatic heterocycles. The number of aliphatic carboxylic acids is 1. The summed E-state index contributed by atoms with van der Waals surface area (Å²) in [4.78, 5) is 13.7. The molecule has 0 unspecified atom stereocenters. The van der Waals surface area contributed by atoms with E-state index >= 15 is 0 Å². The molecule has 0 amide bonds. The minimum absolute atomic E-state index is 0.648. The highest BCUT2D eigenvalue weighted by molar-refractivity contribution is 5.85. The Kier molecular flexibility index (Phi) is 3.33. The van der Waals surface area contributed by atoms with Gasteiger partial charge in [-0.05, 0) is 36.5 Å². The highest BCUT2D eigenvalue weighted by Crippen LogP contribution is 2.47. The topological polar surface area (TPSA) is 40.5 Å². The van der Waals surface area contributed by atoms with E-state index < -0.39 is 11.4 Å². The molecular formula is C15H21NO2. The molecule has 1 aliphatic carbocycles. The third-order valence-corrected chi connectivity index (χ3v) is 4.08. The smallest absolute Gasteiger partial charge is 0.314 e. The predicted octanol–water partition coefficient (Wildman–Crippen LogP) is 2.82. The second-order valence-electron chi connectivity index (χ2n) is 5.34. The number of carboxylic acids is 1. The lowest BCUT2D eigenvalue weighted by molar-refractivity contribution is -0.147. The van der Waals surface area contributed by atoms with Crippen LogP contribution in [0.3, 0.4) is 0 Å². The minimum atomic E-state index is -0.676. The first kappa shape index (κ1) is 12.9. The molecule has 0 atom stereocenters. The maximum atomic E-state index is 11.7. The van der Waals surface area contributed by atoms with Gasteiger partial charge in [0, 0.05) is 19.8 Å². The normalized spacial score (nSPS) is 17.1. The van der Waals surface area contributed by atoms with Gasteiger partial charge in [-0.15, -0.1) is 0 Å². The molecule has 18 heavy (non-hydrogen) atoms. The van der Waals surface area contributed by atoms with Crippen molar-refractivity contribution in [1.29, 1.82) is 0 Å². The lowest BCUT2D eigenvalue weighted by atomic mass is 9.63. The minimum Gasteiger partial charge on any atom is -0.481 e. The van der Waals surface area contributed by atoms with E-state index in [1.807, 2.05) is 19.0 Å². The Morgan fingerprint density at radius 1 is 1.39 bits per heavy atom. The van der Waals surface area contributed by atoms with Gasteiger partial charge in [0.1, 0.15) is 0 Å². The largest absolute Gasteiger partial charge is 0.481 e. The zero-order chi connectivity index (χ0) is 13.3. The summed E-state index contributed by atoms with van der Waals surface area (Å²) in [6.45, 7) is 2.10. The molecular weight excluding hydrogens is 226 g/mol. The van der Waals surface area contributed by atoms with E-state index in [0.29, 0.717) is 0 Å². The van der Waals surface area contributed by atoms with Gasteiger partial charge in [-0.2, -0.15) is 0 Å². The van der Waals surface area contributed by atoms with Crippen LogP contribution < -0.4 is 4.90 Å². The van der Waals surface area contributed by atoms with Crippen LogP contribution in [0.4, 0.5) is 5.69 Å². The first-order valence-corrected chi connectivity index (χ1v) is 6.55. The molecule has 0 bridgehead atoms. The zero-order valence-electron chi connectivity index (χ0n) is 11.4. The molecule has 0 aromatic heterocycles. The van der Waals surface area contributed by atoms with Gasteiger partial charge in [-0.3, -0.25) is 4.79 Å². The van der Waals surface area contributed by atoms with Crippen molar-refractivity contribution in [1.82, 2.24) is 0 Å². The number of anilines is 1. The van der Waals surface area contributed by atoms with E-state index in [0.717, 1.165) is 36.9 Å². The summed E-state index contributed by atoms with van der Waals surface area (Å²) in [6, 6.07) is 6.23. The van der Waals surface area contributed by atoms with Gasteiger partial charge in [-0.25, -0.2) is 0 Å². The Bertz CT molecular complexity index is 462. The molecule has 0 heterocycles. The van der Waals surface area contributed by atoms with Crippen molar-refractivity contribution in [2.45, 2.75) is 38.0 Å². The van der Waals surface area contributed by atoms with Crippen LogP contribution in [0.15, 0.2) is 18.2 Å². The summed E-state index contributed by atoms with van der Waals surface area (Å²) < 4.78 is 0. The lowest BCUT2D eigenvalue weighted by Crippen LogP contribution is -2.43. The van der Waals surface area contributed by atoms with E-state index in [-0.39, 0.29) is 0 Å². The monoisotopic (exact) mass is 247 g/mol. The first-order chi connectivity index (χ1) is 8.51. The molecule has 98 valence electrons. The van der Waals surface area contributed by atoms with Crippen LogP contribution in [-0.2, 0) is 16.6 Å². The molecule has 1 N–H and O–H groups in total. The van der Waals surface area contributed by atoms with E-state index in [4.69, 9.17) is 0 Å². The van der Waals surface area contributed by atoms with Crippen molar-refractivity contribution in [2.24, 2.45) is 0 Å². The number of benzene rings is 1. The zero-order valence-corrected chi connectivity index (χ0v) is 11.4. The van der Waals surface area contributed by atoms with Gasteiger partial charge in [0.15, 0.2) is 0 Å². The third kappa shape index (κ3) is 1.88. The van der Waals surface area contributed by atoms with Crippen molar-refractivity contribution in [2.75, 3.05) is 19.0 Å². The Balaban J connectivity index is 2.56. The molecule has 0 spiro atoms. The second kappa shape index (κ2) is 4.63. The number of rotatable bonds is 4. The van der Waals surface area contributed by atoms with Crippen LogP contribution in [0.1, 0.15) is 37.3 Å². The fourth-order valence-corrected chi connectivity index (χ4v) is 2.71. The molecule has 1 saturated carbocycles. The molecule has 1 aliphatic rings. The van der Waals surface area contributed by atoms with Crippen molar-refractivity contribution in [3.8, 4) is 0 Å². The van der Waals surface area contributed by atoms with Gasteiger partial charge >= 0.3 is 5.97 Å². The van der Waals surface area contributed by atoms with Crippen LogP contribution in [0.25, 0.3) is 0 Å². The van der Waals surface area contributed by atoms with Gasteiger partial charge in [-0.1, -0.05) is 25.5 Å². The molecule has 0 saturated heterocycles. The molecule has 0 radical (unpaired) electrons. The van der Waals surface area contributed by atoms with Crippen LogP contribution in [0, 0.1) is 0 Å². The molecule has 1 aromatic carbocycles. The molecule has 3 heteroatoms. The Labute approximate surface area is 108 Å². The summed E-state index contributed by atoms with van der Waals surface area (Å²) in [5, 5.41) is 9.59.